The maximum absolute atomic E-state index is 12.2. The third-order valence-electron chi connectivity index (χ3n) is 4.51. The SMILES string of the molecule is N=C(Nc1ccc(OC(F)(F)F)cc1)Nc1ccc(C(=O)NCCCCCCC(=O)NO)cc1. The molecule has 0 aromatic heterocycles. The van der Waals surface area contributed by atoms with E-state index < -0.39 is 12.3 Å². The summed E-state index contributed by atoms with van der Waals surface area (Å²) in [5.74, 6) is -1.12. The molecule has 2 aromatic carbocycles. The highest BCUT2D eigenvalue weighted by molar-refractivity contribution is 6.02. The number of ether oxygens (including phenoxy) is 1. The van der Waals surface area contributed by atoms with Gasteiger partial charge in [-0.15, -0.1) is 13.2 Å². The lowest BCUT2D eigenvalue weighted by Crippen LogP contribution is -2.24. The van der Waals surface area contributed by atoms with Crippen molar-refractivity contribution in [2.24, 2.45) is 0 Å². The van der Waals surface area contributed by atoms with E-state index in [0.29, 0.717) is 29.9 Å². The van der Waals surface area contributed by atoms with Crippen LogP contribution in [-0.2, 0) is 4.79 Å². The minimum atomic E-state index is -4.77. The fraction of sp³-hybridized carbons (Fsp3) is 0.318. The molecule has 0 spiro atoms. The molecule has 34 heavy (non-hydrogen) atoms. The van der Waals surface area contributed by atoms with Gasteiger partial charge in [0.25, 0.3) is 5.91 Å². The molecule has 2 aromatic rings. The summed E-state index contributed by atoms with van der Waals surface area (Å²) in [4.78, 5) is 23.1. The van der Waals surface area contributed by atoms with Gasteiger partial charge in [0, 0.05) is 29.9 Å². The third kappa shape index (κ3) is 10.2. The predicted molar refractivity (Wildman–Crippen MR) is 120 cm³/mol. The number of amides is 2. The lowest BCUT2D eigenvalue weighted by molar-refractivity contribution is -0.274. The van der Waals surface area contributed by atoms with Crippen LogP contribution in [0.1, 0.15) is 42.5 Å². The number of alkyl halides is 3. The largest absolute Gasteiger partial charge is 0.573 e. The lowest BCUT2D eigenvalue weighted by Gasteiger charge is -2.12. The minimum Gasteiger partial charge on any atom is -0.406 e. The first kappa shape index (κ1) is 26.5. The molecule has 0 heterocycles. The van der Waals surface area contributed by atoms with Crippen LogP contribution in [-0.4, -0.2) is 35.9 Å². The van der Waals surface area contributed by atoms with Crippen molar-refractivity contribution < 1.29 is 32.7 Å². The first-order chi connectivity index (χ1) is 16.2. The number of nitrogens with one attached hydrogen (secondary N) is 5. The highest BCUT2D eigenvalue weighted by atomic mass is 19.4. The van der Waals surface area contributed by atoms with E-state index in [9.17, 15) is 22.8 Å². The molecule has 0 aliphatic carbocycles. The quantitative estimate of drug-likeness (QED) is 0.0935. The number of halogens is 3. The molecule has 0 aliphatic heterocycles. The van der Waals surface area contributed by atoms with Gasteiger partial charge < -0.3 is 20.7 Å². The van der Waals surface area contributed by atoms with Crippen LogP contribution >= 0.6 is 0 Å². The summed E-state index contributed by atoms with van der Waals surface area (Å²) in [5, 5.41) is 24.6. The molecule has 9 nitrogen and oxygen atoms in total. The highest BCUT2D eigenvalue weighted by Gasteiger charge is 2.30. The Hall–Kier alpha value is -3.80. The predicted octanol–water partition coefficient (Wildman–Crippen LogP) is 4.23. The third-order valence-corrected chi connectivity index (χ3v) is 4.51. The summed E-state index contributed by atoms with van der Waals surface area (Å²) >= 11 is 0. The maximum Gasteiger partial charge on any atom is 0.573 e. The van der Waals surface area contributed by atoms with Crippen molar-refractivity contribution >= 4 is 29.1 Å². The van der Waals surface area contributed by atoms with Crippen LogP contribution < -0.4 is 26.2 Å². The zero-order valence-electron chi connectivity index (χ0n) is 18.2. The lowest BCUT2D eigenvalue weighted by atomic mass is 10.1. The Balaban J connectivity index is 1.70. The first-order valence-corrected chi connectivity index (χ1v) is 10.5. The second-order valence-corrected chi connectivity index (χ2v) is 7.23. The smallest absolute Gasteiger partial charge is 0.406 e. The highest BCUT2D eigenvalue weighted by Crippen LogP contribution is 2.24. The van der Waals surface area contributed by atoms with Crippen molar-refractivity contribution in [2.45, 2.75) is 38.5 Å². The van der Waals surface area contributed by atoms with Crippen molar-refractivity contribution in [3.63, 3.8) is 0 Å². The zero-order chi connectivity index (χ0) is 25.0. The molecule has 0 fully saturated rings. The molecule has 2 rings (SSSR count). The number of rotatable bonds is 11. The van der Waals surface area contributed by atoms with Gasteiger partial charge in [-0.05, 0) is 61.4 Å². The summed E-state index contributed by atoms with van der Waals surface area (Å²) in [7, 11) is 0. The van der Waals surface area contributed by atoms with Crippen LogP contribution in [0.25, 0.3) is 0 Å². The van der Waals surface area contributed by atoms with E-state index in [1.54, 1.807) is 29.7 Å². The van der Waals surface area contributed by atoms with E-state index in [2.05, 4.69) is 20.7 Å². The van der Waals surface area contributed by atoms with Crippen molar-refractivity contribution in [2.75, 3.05) is 17.2 Å². The van der Waals surface area contributed by atoms with Gasteiger partial charge in [-0.25, -0.2) is 5.48 Å². The molecule has 0 bridgehead atoms. The normalized spacial score (nSPS) is 10.8. The van der Waals surface area contributed by atoms with E-state index in [-0.39, 0.29) is 24.0 Å². The first-order valence-electron chi connectivity index (χ1n) is 10.5. The molecule has 6 N–H and O–H groups in total. The number of hydrogen-bond acceptors (Lipinski definition) is 5. The molecule has 0 radical (unpaired) electrons. The fourth-order valence-electron chi connectivity index (χ4n) is 2.89. The summed E-state index contributed by atoms with van der Waals surface area (Å²) < 4.78 is 40.4. The molecular weight excluding hydrogens is 455 g/mol. The van der Waals surface area contributed by atoms with Crippen molar-refractivity contribution in [1.29, 1.82) is 5.41 Å². The Morgan fingerprint density at radius 1 is 0.882 bits per heavy atom. The molecule has 0 saturated carbocycles. The van der Waals surface area contributed by atoms with Gasteiger partial charge in [0.05, 0.1) is 0 Å². The number of anilines is 2. The standard InChI is InChI=1S/C22H26F3N5O4/c23-22(24,25)34-18-12-10-17(11-13-18)29-21(26)28-16-8-6-15(7-9-16)20(32)27-14-4-2-1-3-5-19(31)30-33/h6-13,33H,1-5,14H2,(H,27,32)(H,30,31)(H3,26,28,29). The summed E-state index contributed by atoms with van der Waals surface area (Å²) in [6, 6.07) is 11.4. The Morgan fingerprint density at radius 2 is 1.44 bits per heavy atom. The van der Waals surface area contributed by atoms with Gasteiger partial charge in [-0.1, -0.05) is 12.8 Å². The van der Waals surface area contributed by atoms with Gasteiger partial charge in [0.2, 0.25) is 5.91 Å². The molecule has 0 atom stereocenters. The Morgan fingerprint density at radius 3 is 2.00 bits per heavy atom. The van der Waals surface area contributed by atoms with Gasteiger partial charge in [0.1, 0.15) is 5.75 Å². The van der Waals surface area contributed by atoms with Crippen LogP contribution in [0, 0.1) is 5.41 Å². The average Bonchev–Trinajstić information content (AvgIpc) is 2.79. The van der Waals surface area contributed by atoms with E-state index in [0.717, 1.165) is 31.4 Å². The second-order valence-electron chi connectivity index (χ2n) is 7.23. The number of hydrogen-bond donors (Lipinski definition) is 6. The Labute approximate surface area is 194 Å². The molecule has 184 valence electrons. The summed E-state index contributed by atoms with van der Waals surface area (Å²) in [6.07, 6.45) is -1.42. The van der Waals surface area contributed by atoms with Gasteiger partial charge in [-0.2, -0.15) is 0 Å². The number of guanidine groups is 1. The van der Waals surface area contributed by atoms with Crippen LogP contribution in [0.5, 0.6) is 5.75 Å². The molecule has 12 heteroatoms. The number of benzene rings is 2. The van der Waals surface area contributed by atoms with Crippen LogP contribution in [0.2, 0.25) is 0 Å². The number of hydroxylamine groups is 1. The Kier molecular flexibility index (Phi) is 10.1. The number of carbonyl (C=O) groups is 2. The van der Waals surface area contributed by atoms with Gasteiger partial charge >= 0.3 is 6.36 Å². The fourth-order valence-corrected chi connectivity index (χ4v) is 2.89. The van der Waals surface area contributed by atoms with Crippen LogP contribution in [0.4, 0.5) is 24.5 Å². The van der Waals surface area contributed by atoms with Gasteiger partial charge in [-0.3, -0.25) is 20.2 Å². The number of carbonyl (C=O) groups excluding carboxylic acids is 2. The van der Waals surface area contributed by atoms with Crippen LogP contribution in [0.3, 0.4) is 0 Å². The minimum absolute atomic E-state index is 0.113. The van der Waals surface area contributed by atoms with Crippen molar-refractivity contribution in [3.05, 3.63) is 54.1 Å². The van der Waals surface area contributed by atoms with E-state index in [1.165, 1.54) is 12.1 Å². The van der Waals surface area contributed by atoms with Crippen LogP contribution in [0.15, 0.2) is 48.5 Å². The molecule has 0 aliphatic rings. The van der Waals surface area contributed by atoms with E-state index in [1.807, 2.05) is 0 Å². The zero-order valence-corrected chi connectivity index (χ0v) is 18.2. The van der Waals surface area contributed by atoms with E-state index >= 15 is 0 Å². The topological polar surface area (TPSA) is 136 Å². The van der Waals surface area contributed by atoms with Gasteiger partial charge in [0.15, 0.2) is 5.96 Å². The molecular formula is C22H26F3N5O4. The van der Waals surface area contributed by atoms with Crippen molar-refractivity contribution in [1.82, 2.24) is 10.8 Å². The Bertz CT molecular complexity index is 951. The van der Waals surface area contributed by atoms with E-state index in [4.69, 9.17) is 10.6 Å². The molecule has 0 saturated heterocycles. The average molecular weight is 481 g/mol. The second kappa shape index (κ2) is 13.0. The summed E-state index contributed by atoms with van der Waals surface area (Å²) in [5.41, 5.74) is 2.96. The molecule has 0 unspecified atom stereocenters. The maximum atomic E-state index is 12.2. The van der Waals surface area contributed by atoms with Crippen molar-refractivity contribution in [3.8, 4) is 5.75 Å². The monoisotopic (exact) mass is 481 g/mol. The summed E-state index contributed by atoms with van der Waals surface area (Å²) in [6.45, 7) is 0.492. The molecule has 2 amide bonds. The number of unbranched alkanes of at least 4 members (excludes halogenated alkanes) is 3.